The van der Waals surface area contributed by atoms with Gasteiger partial charge in [0.2, 0.25) is 0 Å². The fourth-order valence-corrected chi connectivity index (χ4v) is 1.74. The first-order valence-corrected chi connectivity index (χ1v) is 6.18. The van der Waals surface area contributed by atoms with Crippen LogP contribution in [-0.2, 0) is 11.0 Å². The average Bonchev–Trinajstić information content (AvgIpc) is 2.80. The molecular weight excluding hydrogens is 328 g/mol. The lowest BCUT2D eigenvalue weighted by Gasteiger charge is -2.21. The molecule has 0 unspecified atom stereocenters. The fourth-order valence-electron chi connectivity index (χ4n) is 1.19. The van der Waals surface area contributed by atoms with Crippen molar-refractivity contribution < 1.29 is 35.9 Å². The first kappa shape index (κ1) is 17.5. The Balaban J connectivity index is 2.57. The Kier molecular flexibility index (Phi) is 5.36. The number of hydrogen-bond acceptors (Lipinski definition) is 5. The van der Waals surface area contributed by atoms with Crippen LogP contribution in [0.5, 0.6) is 5.19 Å². The zero-order valence-electron chi connectivity index (χ0n) is 10.5. The van der Waals surface area contributed by atoms with Gasteiger partial charge in [-0.05, 0) is 6.92 Å². The molecule has 0 bridgehead atoms. The number of likely N-dealkylation sites (N-methyl/N-ethyl adjacent to an activating group) is 1. The number of alkyl halides is 6. The largest absolute Gasteiger partial charge is 0.459 e. The maximum absolute atomic E-state index is 12.2. The number of amides is 1. The topological polar surface area (TPSA) is 55.3 Å². The highest BCUT2D eigenvalue weighted by Gasteiger charge is 2.36. The maximum Gasteiger partial charge on any atom is 0.452 e. The molecule has 1 aromatic heterocycles. The first-order valence-electron chi connectivity index (χ1n) is 5.41. The molecular formula is C9H9F6N3O2S. The Morgan fingerprint density at radius 3 is 2.33 bits per heavy atom. The van der Waals surface area contributed by atoms with Crippen LogP contribution >= 0.6 is 11.5 Å². The molecule has 0 saturated carbocycles. The van der Waals surface area contributed by atoms with Crippen molar-refractivity contribution in [1.29, 1.82) is 0 Å². The second-order valence-electron chi connectivity index (χ2n) is 3.69. The summed E-state index contributed by atoms with van der Waals surface area (Å²) in [4.78, 5) is 14.9. The summed E-state index contributed by atoms with van der Waals surface area (Å²) in [6.45, 7) is -1.20. The van der Waals surface area contributed by atoms with Gasteiger partial charge in [-0.15, -0.1) is 0 Å². The smallest absolute Gasteiger partial charge is 0.452 e. The van der Waals surface area contributed by atoms with Gasteiger partial charge in [0.25, 0.3) is 16.9 Å². The number of carbonyl (C=O) groups excluding carboxylic acids is 1. The summed E-state index contributed by atoms with van der Waals surface area (Å²) in [7, 11) is 0. The van der Waals surface area contributed by atoms with Crippen molar-refractivity contribution in [3.8, 4) is 5.19 Å². The van der Waals surface area contributed by atoms with Crippen molar-refractivity contribution in [3.63, 3.8) is 0 Å². The van der Waals surface area contributed by atoms with Crippen LogP contribution in [0, 0.1) is 0 Å². The van der Waals surface area contributed by atoms with Crippen LogP contribution in [0.25, 0.3) is 0 Å². The molecule has 0 aromatic carbocycles. The van der Waals surface area contributed by atoms with Gasteiger partial charge < -0.3 is 9.64 Å². The Hall–Kier alpha value is -1.59. The molecule has 0 spiro atoms. The number of nitrogens with zero attached hydrogens (tertiary/aromatic N) is 3. The number of rotatable bonds is 5. The quantitative estimate of drug-likeness (QED) is 0.774. The number of aromatic nitrogens is 2. The number of carbonyl (C=O) groups is 1. The van der Waals surface area contributed by atoms with Gasteiger partial charge in [-0.3, -0.25) is 4.79 Å². The summed E-state index contributed by atoms with van der Waals surface area (Å²) < 4.78 is 80.7. The van der Waals surface area contributed by atoms with Crippen molar-refractivity contribution >= 4 is 17.4 Å². The first-order chi connectivity index (χ1) is 9.53. The molecule has 1 rings (SSSR count). The Morgan fingerprint density at radius 1 is 1.29 bits per heavy atom. The minimum Gasteiger partial charge on any atom is -0.459 e. The van der Waals surface area contributed by atoms with Crippen LogP contribution in [0.2, 0.25) is 0 Å². The van der Waals surface area contributed by atoms with E-state index in [1.54, 1.807) is 0 Å². The molecule has 1 amide bonds. The molecule has 0 saturated heterocycles. The van der Waals surface area contributed by atoms with E-state index in [9.17, 15) is 31.1 Å². The Bertz CT molecular complexity index is 487. The highest BCUT2D eigenvalue weighted by Crippen LogP contribution is 2.29. The molecule has 21 heavy (non-hydrogen) atoms. The monoisotopic (exact) mass is 337 g/mol. The third-order valence-electron chi connectivity index (χ3n) is 2.08. The second kappa shape index (κ2) is 6.45. The van der Waals surface area contributed by atoms with Crippen molar-refractivity contribution in [3.05, 3.63) is 5.82 Å². The molecule has 0 atom stereocenters. The lowest BCUT2D eigenvalue weighted by atomic mass is 10.4. The summed E-state index contributed by atoms with van der Waals surface area (Å²) in [5, 5.41) is -0.543. The standard InChI is InChI=1S/C9H9F6N3O2S/c1-2-18(4-8(10,11)12)5(19)3-20-7-16-6(17-21-7)9(13,14)15/h2-4H2,1H3. The van der Waals surface area contributed by atoms with E-state index in [2.05, 4.69) is 14.1 Å². The average molecular weight is 337 g/mol. The molecule has 0 aliphatic heterocycles. The number of halogens is 6. The van der Waals surface area contributed by atoms with Crippen molar-refractivity contribution in [2.24, 2.45) is 0 Å². The summed E-state index contributed by atoms with van der Waals surface area (Å²) >= 11 is 0.255. The van der Waals surface area contributed by atoms with E-state index in [-0.39, 0.29) is 18.1 Å². The van der Waals surface area contributed by atoms with Crippen LogP contribution in [-0.4, -0.2) is 46.0 Å². The van der Waals surface area contributed by atoms with E-state index in [0.717, 1.165) is 0 Å². The molecule has 1 aromatic rings. The van der Waals surface area contributed by atoms with Gasteiger partial charge in [0.1, 0.15) is 6.54 Å². The zero-order chi connectivity index (χ0) is 16.3. The predicted molar refractivity (Wildman–Crippen MR) is 58.7 cm³/mol. The van der Waals surface area contributed by atoms with Gasteiger partial charge in [0.05, 0.1) is 0 Å². The molecule has 12 heteroatoms. The highest BCUT2D eigenvalue weighted by atomic mass is 32.1. The van der Waals surface area contributed by atoms with E-state index < -0.39 is 42.4 Å². The highest BCUT2D eigenvalue weighted by molar-refractivity contribution is 7.07. The Labute approximate surface area is 118 Å². The van der Waals surface area contributed by atoms with Gasteiger partial charge in [-0.2, -0.15) is 35.7 Å². The van der Waals surface area contributed by atoms with E-state index >= 15 is 0 Å². The van der Waals surface area contributed by atoms with Gasteiger partial charge in [0.15, 0.2) is 6.61 Å². The van der Waals surface area contributed by atoms with Crippen LogP contribution in [0.15, 0.2) is 0 Å². The third kappa shape index (κ3) is 5.73. The van der Waals surface area contributed by atoms with Gasteiger partial charge in [-0.1, -0.05) is 0 Å². The second-order valence-corrected chi connectivity index (χ2v) is 4.41. The van der Waals surface area contributed by atoms with Crippen LogP contribution in [0.1, 0.15) is 12.7 Å². The van der Waals surface area contributed by atoms with E-state index in [1.807, 2.05) is 0 Å². The molecule has 120 valence electrons. The summed E-state index contributed by atoms with van der Waals surface area (Å²) in [6, 6.07) is 0. The molecule has 0 aliphatic carbocycles. The third-order valence-corrected chi connectivity index (χ3v) is 2.71. The van der Waals surface area contributed by atoms with E-state index in [1.165, 1.54) is 6.92 Å². The van der Waals surface area contributed by atoms with Gasteiger partial charge in [-0.25, -0.2) is 0 Å². The minimum atomic E-state index is -4.76. The van der Waals surface area contributed by atoms with Crippen LogP contribution < -0.4 is 4.74 Å². The van der Waals surface area contributed by atoms with Crippen LogP contribution in [0.3, 0.4) is 0 Å². The molecule has 0 N–H and O–H groups in total. The minimum absolute atomic E-state index is 0.217. The molecule has 1 heterocycles. The molecule has 5 nitrogen and oxygen atoms in total. The van der Waals surface area contributed by atoms with E-state index in [4.69, 9.17) is 0 Å². The lowest BCUT2D eigenvalue weighted by Crippen LogP contribution is -2.41. The fraction of sp³-hybridized carbons (Fsp3) is 0.667. The summed E-state index contributed by atoms with van der Waals surface area (Å²) in [6.07, 6.45) is -9.33. The molecule has 0 radical (unpaired) electrons. The molecule has 0 aliphatic rings. The zero-order valence-corrected chi connectivity index (χ0v) is 11.3. The molecule has 0 fully saturated rings. The van der Waals surface area contributed by atoms with Crippen molar-refractivity contribution in [1.82, 2.24) is 14.3 Å². The normalized spacial score (nSPS) is 12.3. The maximum atomic E-state index is 12.2. The van der Waals surface area contributed by atoms with Crippen LogP contribution in [0.4, 0.5) is 26.3 Å². The Morgan fingerprint density at radius 2 is 1.90 bits per heavy atom. The van der Waals surface area contributed by atoms with Crippen molar-refractivity contribution in [2.75, 3.05) is 19.7 Å². The van der Waals surface area contributed by atoms with Gasteiger partial charge >= 0.3 is 12.4 Å². The summed E-state index contributed by atoms with van der Waals surface area (Å²) in [5.41, 5.74) is 0. The predicted octanol–water partition coefficient (Wildman–Crippen LogP) is 2.35. The van der Waals surface area contributed by atoms with Gasteiger partial charge in [0, 0.05) is 18.1 Å². The number of ether oxygens (including phenoxy) is 1. The van der Waals surface area contributed by atoms with E-state index in [0.29, 0.717) is 4.90 Å². The number of hydrogen-bond donors (Lipinski definition) is 0. The van der Waals surface area contributed by atoms with Crippen molar-refractivity contribution in [2.45, 2.75) is 19.3 Å². The SMILES string of the molecule is CCN(CC(F)(F)F)C(=O)COc1nc(C(F)(F)F)ns1. The lowest BCUT2D eigenvalue weighted by molar-refractivity contribution is -0.162. The summed E-state index contributed by atoms with van der Waals surface area (Å²) in [5.74, 6) is -2.45.